The molecule has 0 amide bonds. The molecule has 1 saturated heterocycles. The molecule has 0 saturated carbocycles. The minimum atomic E-state index is 0.177. The fourth-order valence-electron chi connectivity index (χ4n) is 2.73. The minimum Gasteiger partial charge on any atom is -0.303 e. The van der Waals surface area contributed by atoms with Crippen molar-refractivity contribution >= 4 is 17.9 Å². The molecule has 1 fully saturated rings. The average molecular weight is 284 g/mol. The van der Waals surface area contributed by atoms with Gasteiger partial charge in [-0.15, -0.1) is 0 Å². The molecule has 0 spiro atoms. The fourth-order valence-corrected chi connectivity index (χ4v) is 3.05. The van der Waals surface area contributed by atoms with E-state index in [-0.39, 0.29) is 5.92 Å². The second-order valence-corrected chi connectivity index (χ2v) is 5.53. The first-order chi connectivity index (χ1) is 9.19. The first-order valence-corrected chi connectivity index (χ1v) is 7.49. The third-order valence-corrected chi connectivity index (χ3v) is 4.24. The number of nitrogens with zero attached hydrogens (tertiary/aromatic N) is 3. The molecule has 0 aliphatic carbocycles. The van der Waals surface area contributed by atoms with Crippen LogP contribution in [0.25, 0.3) is 0 Å². The molecule has 0 bridgehead atoms. The van der Waals surface area contributed by atoms with Gasteiger partial charge in [-0.2, -0.15) is 5.10 Å². The maximum absolute atomic E-state index is 10.9. The number of likely N-dealkylation sites (tertiary alicyclic amines) is 1. The van der Waals surface area contributed by atoms with Crippen molar-refractivity contribution in [3.05, 3.63) is 16.4 Å². The van der Waals surface area contributed by atoms with Crippen LogP contribution in [0.2, 0.25) is 5.02 Å². The molecular weight excluding hydrogens is 262 g/mol. The second-order valence-electron chi connectivity index (χ2n) is 5.15. The Morgan fingerprint density at radius 1 is 1.47 bits per heavy atom. The van der Waals surface area contributed by atoms with E-state index in [1.807, 2.05) is 4.68 Å². The summed E-state index contributed by atoms with van der Waals surface area (Å²) in [5.74, 6) is 0.177. The molecule has 19 heavy (non-hydrogen) atoms. The van der Waals surface area contributed by atoms with Gasteiger partial charge in [0.2, 0.25) is 0 Å². The van der Waals surface area contributed by atoms with Crippen molar-refractivity contribution in [2.24, 2.45) is 5.92 Å². The zero-order chi connectivity index (χ0) is 13.8. The lowest BCUT2D eigenvalue weighted by atomic mass is 9.99. The lowest BCUT2D eigenvalue weighted by molar-refractivity contribution is -0.112. The second kappa shape index (κ2) is 6.53. The summed E-state index contributed by atoms with van der Waals surface area (Å²) in [6.45, 7) is 7.66. The Hall–Kier alpha value is -0.870. The standard InChI is InChI=1S/C14H22ClN3O/c1-3-12-14(15)13(18(4-2)16-12)9-17-7-5-6-11(8-17)10-19/h10-11H,3-9H2,1-2H3. The van der Waals surface area contributed by atoms with E-state index < -0.39 is 0 Å². The molecule has 4 nitrogen and oxygen atoms in total. The van der Waals surface area contributed by atoms with Gasteiger partial charge in [0.15, 0.2) is 0 Å². The van der Waals surface area contributed by atoms with E-state index >= 15 is 0 Å². The van der Waals surface area contributed by atoms with Gasteiger partial charge in [0, 0.05) is 25.6 Å². The fraction of sp³-hybridized carbons (Fsp3) is 0.714. The summed E-state index contributed by atoms with van der Waals surface area (Å²) < 4.78 is 1.99. The number of hydrogen-bond acceptors (Lipinski definition) is 3. The number of hydrogen-bond donors (Lipinski definition) is 0. The number of carbonyl (C=O) groups excluding carboxylic acids is 1. The van der Waals surface area contributed by atoms with Gasteiger partial charge in [-0.3, -0.25) is 9.58 Å². The van der Waals surface area contributed by atoms with Crippen LogP contribution in [-0.2, 0) is 24.3 Å². The summed E-state index contributed by atoms with van der Waals surface area (Å²) in [5.41, 5.74) is 2.06. The van der Waals surface area contributed by atoms with E-state index in [0.717, 1.165) is 68.1 Å². The maximum Gasteiger partial charge on any atom is 0.124 e. The summed E-state index contributed by atoms with van der Waals surface area (Å²) in [4.78, 5) is 13.2. The first kappa shape index (κ1) is 14.5. The molecule has 1 aromatic rings. The Labute approximate surface area is 119 Å². The molecule has 5 heteroatoms. The van der Waals surface area contributed by atoms with Crippen molar-refractivity contribution < 1.29 is 4.79 Å². The zero-order valence-corrected chi connectivity index (χ0v) is 12.5. The SMILES string of the molecule is CCc1nn(CC)c(CN2CCCC(C=O)C2)c1Cl. The van der Waals surface area contributed by atoms with Gasteiger partial charge in [-0.25, -0.2) is 0 Å². The van der Waals surface area contributed by atoms with Crippen LogP contribution in [0.15, 0.2) is 0 Å². The topological polar surface area (TPSA) is 38.1 Å². The van der Waals surface area contributed by atoms with Crippen LogP contribution < -0.4 is 0 Å². The van der Waals surface area contributed by atoms with Crippen LogP contribution in [0, 0.1) is 5.92 Å². The third-order valence-electron chi connectivity index (χ3n) is 3.80. The van der Waals surface area contributed by atoms with E-state index in [9.17, 15) is 4.79 Å². The Kier molecular flexibility index (Phi) is 4.99. The lowest BCUT2D eigenvalue weighted by Crippen LogP contribution is -2.36. The van der Waals surface area contributed by atoms with Crippen molar-refractivity contribution in [2.45, 2.75) is 46.2 Å². The number of aldehydes is 1. The van der Waals surface area contributed by atoms with Crippen molar-refractivity contribution in [3.63, 3.8) is 0 Å². The smallest absolute Gasteiger partial charge is 0.124 e. The molecule has 1 aliphatic heterocycles. The number of aryl methyl sites for hydroxylation is 2. The molecule has 1 aliphatic rings. The van der Waals surface area contributed by atoms with Crippen molar-refractivity contribution in [1.82, 2.24) is 14.7 Å². The summed E-state index contributed by atoms with van der Waals surface area (Å²) in [6.07, 6.45) is 4.04. The van der Waals surface area contributed by atoms with Gasteiger partial charge in [0.25, 0.3) is 0 Å². The van der Waals surface area contributed by atoms with E-state index in [0.29, 0.717) is 0 Å². The Morgan fingerprint density at radius 2 is 2.26 bits per heavy atom. The number of halogens is 1. The molecular formula is C14H22ClN3O. The van der Waals surface area contributed by atoms with Crippen LogP contribution >= 0.6 is 11.6 Å². The highest BCUT2D eigenvalue weighted by Crippen LogP contribution is 2.25. The van der Waals surface area contributed by atoms with Gasteiger partial charge >= 0.3 is 0 Å². The molecule has 1 atom stereocenters. The lowest BCUT2D eigenvalue weighted by Gasteiger charge is -2.30. The molecule has 1 unspecified atom stereocenters. The monoisotopic (exact) mass is 283 g/mol. The van der Waals surface area contributed by atoms with Gasteiger partial charge in [0.1, 0.15) is 6.29 Å². The number of carbonyl (C=O) groups is 1. The number of piperidine rings is 1. The molecule has 2 rings (SSSR count). The summed E-state index contributed by atoms with van der Waals surface area (Å²) >= 11 is 6.42. The van der Waals surface area contributed by atoms with Gasteiger partial charge in [-0.1, -0.05) is 18.5 Å². The Balaban J connectivity index is 2.13. The highest BCUT2D eigenvalue weighted by molar-refractivity contribution is 6.31. The first-order valence-electron chi connectivity index (χ1n) is 7.11. The van der Waals surface area contributed by atoms with E-state index in [1.54, 1.807) is 0 Å². The third kappa shape index (κ3) is 3.18. The summed E-state index contributed by atoms with van der Waals surface area (Å²) in [7, 11) is 0. The van der Waals surface area contributed by atoms with Gasteiger partial charge < -0.3 is 4.79 Å². The molecule has 106 valence electrons. The van der Waals surface area contributed by atoms with Crippen LogP contribution in [0.3, 0.4) is 0 Å². The molecule has 1 aromatic heterocycles. The predicted octanol–water partition coefficient (Wildman–Crippen LogP) is 2.53. The molecule has 0 aromatic carbocycles. The summed E-state index contributed by atoms with van der Waals surface area (Å²) in [5, 5.41) is 5.34. The van der Waals surface area contributed by atoms with E-state index in [1.165, 1.54) is 0 Å². The summed E-state index contributed by atoms with van der Waals surface area (Å²) in [6, 6.07) is 0. The molecule has 2 heterocycles. The average Bonchev–Trinajstić information content (AvgIpc) is 2.75. The van der Waals surface area contributed by atoms with Crippen LogP contribution in [0.4, 0.5) is 0 Å². The normalized spacial score (nSPS) is 20.7. The Bertz CT molecular complexity index is 444. The molecule has 0 N–H and O–H groups in total. The van der Waals surface area contributed by atoms with Crippen LogP contribution in [0.5, 0.6) is 0 Å². The number of aromatic nitrogens is 2. The van der Waals surface area contributed by atoms with Crippen LogP contribution in [0.1, 0.15) is 38.1 Å². The van der Waals surface area contributed by atoms with Gasteiger partial charge in [-0.05, 0) is 32.7 Å². The van der Waals surface area contributed by atoms with E-state index in [4.69, 9.17) is 11.6 Å². The quantitative estimate of drug-likeness (QED) is 0.780. The van der Waals surface area contributed by atoms with Crippen molar-refractivity contribution in [3.8, 4) is 0 Å². The van der Waals surface area contributed by atoms with E-state index in [2.05, 4.69) is 23.8 Å². The molecule has 0 radical (unpaired) electrons. The minimum absolute atomic E-state index is 0.177. The zero-order valence-electron chi connectivity index (χ0n) is 11.7. The number of rotatable bonds is 5. The largest absolute Gasteiger partial charge is 0.303 e. The maximum atomic E-state index is 10.9. The van der Waals surface area contributed by atoms with Crippen LogP contribution in [-0.4, -0.2) is 34.1 Å². The Morgan fingerprint density at radius 3 is 2.89 bits per heavy atom. The highest BCUT2D eigenvalue weighted by Gasteiger charge is 2.22. The van der Waals surface area contributed by atoms with Gasteiger partial charge in [0.05, 0.1) is 16.4 Å². The highest BCUT2D eigenvalue weighted by atomic mass is 35.5. The van der Waals surface area contributed by atoms with Crippen molar-refractivity contribution in [1.29, 1.82) is 0 Å². The predicted molar refractivity (Wildman–Crippen MR) is 76.4 cm³/mol. The van der Waals surface area contributed by atoms with Crippen molar-refractivity contribution in [2.75, 3.05) is 13.1 Å².